The van der Waals surface area contributed by atoms with E-state index in [1.54, 1.807) is 0 Å². The van der Waals surface area contributed by atoms with E-state index in [-0.39, 0.29) is 11.8 Å². The molecular weight excluding hydrogens is 224 g/mol. The Kier molecular flexibility index (Phi) is 1.38. The minimum atomic E-state index is -0.572. The first-order valence-corrected chi connectivity index (χ1v) is 7.14. The van der Waals surface area contributed by atoms with Crippen LogP contribution in [0.4, 0.5) is 0 Å². The fraction of sp³-hybridized carbons (Fsp3) is 0.625. The average Bonchev–Trinajstić information content (AvgIpc) is 3.14. The van der Waals surface area contributed by atoms with Crippen LogP contribution in [-0.4, -0.2) is 11.6 Å². The summed E-state index contributed by atoms with van der Waals surface area (Å²) in [6.45, 7) is 0. The number of allylic oxidation sites excluding steroid dienone is 4. The van der Waals surface area contributed by atoms with Gasteiger partial charge in [0.15, 0.2) is 11.6 Å². The summed E-state index contributed by atoms with van der Waals surface area (Å²) in [7, 11) is 0. The average molecular weight is 240 g/mol. The van der Waals surface area contributed by atoms with Crippen molar-refractivity contribution in [3.63, 3.8) is 0 Å². The Morgan fingerprint density at radius 1 is 0.778 bits per heavy atom. The molecule has 5 aliphatic rings. The van der Waals surface area contributed by atoms with Gasteiger partial charge in [-0.15, -0.1) is 0 Å². The fourth-order valence-electron chi connectivity index (χ4n) is 5.70. The number of rotatable bonds is 0. The molecule has 0 amide bonds. The van der Waals surface area contributed by atoms with Crippen molar-refractivity contribution in [1.82, 2.24) is 0 Å². The third-order valence-corrected chi connectivity index (χ3v) is 6.40. The van der Waals surface area contributed by atoms with Crippen LogP contribution in [0.2, 0.25) is 0 Å². The Morgan fingerprint density at radius 3 is 1.50 bits per heavy atom. The van der Waals surface area contributed by atoms with Gasteiger partial charge >= 0.3 is 0 Å². The van der Waals surface area contributed by atoms with E-state index in [4.69, 9.17) is 0 Å². The molecule has 0 aromatic carbocycles. The highest BCUT2D eigenvalue weighted by atomic mass is 16.2. The molecule has 2 spiro atoms. The first-order chi connectivity index (χ1) is 8.68. The van der Waals surface area contributed by atoms with Crippen molar-refractivity contribution in [2.24, 2.45) is 34.5 Å². The molecule has 3 fully saturated rings. The second-order valence-corrected chi connectivity index (χ2v) is 6.98. The summed E-state index contributed by atoms with van der Waals surface area (Å²) < 4.78 is 0. The molecule has 0 aromatic heterocycles. The van der Waals surface area contributed by atoms with Gasteiger partial charge < -0.3 is 0 Å². The minimum absolute atomic E-state index is 0.233. The molecule has 0 heterocycles. The second-order valence-electron chi connectivity index (χ2n) is 6.98. The molecule has 0 aromatic rings. The largest absolute Gasteiger partial charge is 0.297 e. The molecule has 4 atom stereocenters. The number of hydrogen-bond acceptors (Lipinski definition) is 2. The summed E-state index contributed by atoms with van der Waals surface area (Å²) in [6.07, 6.45) is 12.4. The highest BCUT2D eigenvalue weighted by molar-refractivity contribution is 6.32. The quantitative estimate of drug-likeness (QED) is 0.481. The summed E-state index contributed by atoms with van der Waals surface area (Å²) in [4.78, 5) is 25.8. The molecule has 0 unspecified atom stereocenters. The summed E-state index contributed by atoms with van der Waals surface area (Å²) >= 11 is 0. The SMILES string of the molecule is O=C1C2(C[C@H]3C=C[C@H]2C3)C(=O)C12C[C@H]1C=C[C@H]2C1. The maximum Gasteiger partial charge on any atom is 0.161 e. The summed E-state index contributed by atoms with van der Waals surface area (Å²) in [5, 5.41) is 0. The van der Waals surface area contributed by atoms with Crippen molar-refractivity contribution in [3.05, 3.63) is 24.3 Å². The second kappa shape index (κ2) is 2.56. The van der Waals surface area contributed by atoms with Crippen LogP contribution in [0.1, 0.15) is 25.7 Å². The first kappa shape index (κ1) is 9.71. The molecule has 0 saturated heterocycles. The van der Waals surface area contributed by atoms with Crippen LogP contribution in [0, 0.1) is 34.5 Å². The van der Waals surface area contributed by atoms with E-state index in [0.717, 1.165) is 25.7 Å². The molecular formula is C16H16O2. The van der Waals surface area contributed by atoms with Crippen molar-refractivity contribution in [1.29, 1.82) is 0 Å². The zero-order chi connectivity index (χ0) is 12.1. The van der Waals surface area contributed by atoms with Gasteiger partial charge in [0.1, 0.15) is 0 Å². The summed E-state index contributed by atoms with van der Waals surface area (Å²) in [5.74, 6) is 2.08. The lowest BCUT2D eigenvalue weighted by atomic mass is 9.43. The Hall–Kier alpha value is -1.18. The van der Waals surface area contributed by atoms with Crippen LogP contribution >= 0.6 is 0 Å². The summed E-state index contributed by atoms with van der Waals surface area (Å²) in [6, 6.07) is 0. The zero-order valence-electron chi connectivity index (χ0n) is 10.3. The van der Waals surface area contributed by atoms with E-state index in [1.165, 1.54) is 0 Å². The number of carbonyl (C=O) groups excluding carboxylic acids is 2. The van der Waals surface area contributed by atoms with Gasteiger partial charge in [-0.3, -0.25) is 9.59 Å². The lowest BCUT2D eigenvalue weighted by molar-refractivity contribution is -0.176. The number of carbonyl (C=O) groups is 2. The van der Waals surface area contributed by atoms with Crippen LogP contribution in [0.3, 0.4) is 0 Å². The van der Waals surface area contributed by atoms with E-state index < -0.39 is 10.8 Å². The maximum atomic E-state index is 12.9. The smallest absolute Gasteiger partial charge is 0.161 e. The van der Waals surface area contributed by atoms with Crippen molar-refractivity contribution in [2.45, 2.75) is 25.7 Å². The Labute approximate surface area is 106 Å². The molecule has 92 valence electrons. The number of ketones is 2. The van der Waals surface area contributed by atoms with E-state index in [2.05, 4.69) is 24.3 Å². The highest BCUT2D eigenvalue weighted by Crippen LogP contribution is 2.70. The van der Waals surface area contributed by atoms with Gasteiger partial charge in [0.25, 0.3) is 0 Å². The monoisotopic (exact) mass is 240 g/mol. The normalized spacial score (nSPS) is 58.4. The number of fused-ring (bicyclic) bond motifs is 6. The Morgan fingerprint density at radius 2 is 1.22 bits per heavy atom. The molecule has 18 heavy (non-hydrogen) atoms. The van der Waals surface area contributed by atoms with Gasteiger partial charge in [-0.2, -0.15) is 0 Å². The van der Waals surface area contributed by atoms with Crippen LogP contribution < -0.4 is 0 Å². The molecule has 2 heteroatoms. The molecule has 5 aliphatic carbocycles. The predicted molar refractivity (Wildman–Crippen MR) is 65.6 cm³/mol. The van der Waals surface area contributed by atoms with Crippen molar-refractivity contribution in [2.75, 3.05) is 0 Å². The lowest BCUT2D eigenvalue weighted by Gasteiger charge is -2.54. The van der Waals surface area contributed by atoms with Gasteiger partial charge in [-0.05, 0) is 49.4 Å². The number of hydrogen-bond donors (Lipinski definition) is 0. The molecule has 0 aliphatic heterocycles. The van der Waals surface area contributed by atoms with Gasteiger partial charge in [0, 0.05) is 0 Å². The van der Waals surface area contributed by atoms with Gasteiger partial charge in [-0.1, -0.05) is 24.3 Å². The summed E-state index contributed by atoms with van der Waals surface area (Å²) in [5.41, 5.74) is -1.14. The fourth-order valence-corrected chi connectivity index (χ4v) is 5.70. The number of Topliss-reactive ketones (excluding diaryl/α,β-unsaturated/α-hetero) is 2. The lowest BCUT2D eigenvalue weighted by Crippen LogP contribution is -2.69. The van der Waals surface area contributed by atoms with Crippen molar-refractivity contribution in [3.8, 4) is 0 Å². The van der Waals surface area contributed by atoms with Crippen LogP contribution in [0.5, 0.6) is 0 Å². The molecule has 0 radical (unpaired) electrons. The third-order valence-electron chi connectivity index (χ3n) is 6.40. The molecule has 3 saturated carbocycles. The standard InChI is InChI=1S/C16H16O2/c17-13-15(7-9-1-3-11(15)5-9)14(18)16(13)8-10-2-4-12(16)6-10/h1-4,9-12H,5-8H2/t9-,10-,11-,12-,15?,16?/m0/s1. The van der Waals surface area contributed by atoms with Crippen LogP contribution in [0.15, 0.2) is 24.3 Å². The first-order valence-electron chi connectivity index (χ1n) is 7.14. The van der Waals surface area contributed by atoms with E-state index in [9.17, 15) is 9.59 Å². The topological polar surface area (TPSA) is 34.1 Å². The van der Waals surface area contributed by atoms with E-state index >= 15 is 0 Å². The van der Waals surface area contributed by atoms with Crippen molar-refractivity contribution < 1.29 is 9.59 Å². The Bertz CT molecular complexity index is 491. The third kappa shape index (κ3) is 0.717. The highest BCUT2D eigenvalue weighted by Gasteiger charge is 2.79. The van der Waals surface area contributed by atoms with Gasteiger partial charge in [0.2, 0.25) is 0 Å². The molecule has 4 bridgehead atoms. The Balaban J connectivity index is 1.61. The minimum Gasteiger partial charge on any atom is -0.297 e. The van der Waals surface area contributed by atoms with Gasteiger partial charge in [0.05, 0.1) is 10.8 Å². The molecule has 2 nitrogen and oxygen atoms in total. The van der Waals surface area contributed by atoms with Crippen molar-refractivity contribution >= 4 is 11.6 Å². The zero-order valence-corrected chi connectivity index (χ0v) is 10.3. The molecule has 5 rings (SSSR count). The van der Waals surface area contributed by atoms with Gasteiger partial charge in [-0.25, -0.2) is 0 Å². The van der Waals surface area contributed by atoms with Crippen LogP contribution in [0.25, 0.3) is 0 Å². The predicted octanol–water partition coefficient (Wildman–Crippen LogP) is 2.30. The molecule has 0 N–H and O–H groups in total. The van der Waals surface area contributed by atoms with E-state index in [0.29, 0.717) is 23.4 Å². The van der Waals surface area contributed by atoms with Crippen LogP contribution in [-0.2, 0) is 9.59 Å². The van der Waals surface area contributed by atoms with E-state index in [1.807, 2.05) is 0 Å². The maximum absolute atomic E-state index is 12.9.